The summed E-state index contributed by atoms with van der Waals surface area (Å²) in [5, 5.41) is 44.5. The van der Waals surface area contributed by atoms with E-state index >= 15 is 19.2 Å². The third-order valence-electron chi connectivity index (χ3n) is 22.9. The Bertz CT molecular complexity index is 4310. The molecule has 0 aliphatic carbocycles. The molecule has 2 fully saturated rings. The molecule has 0 radical (unpaired) electrons. The van der Waals surface area contributed by atoms with Crippen molar-refractivity contribution < 1.29 is 95.2 Å². The highest BCUT2D eigenvalue weighted by molar-refractivity contribution is 6.31. The van der Waals surface area contributed by atoms with Crippen molar-refractivity contribution in [1.82, 2.24) is 75.1 Å². The van der Waals surface area contributed by atoms with Crippen molar-refractivity contribution in [2.45, 2.75) is 241 Å². The largest absolute Gasteiger partial charge is 0.484 e. The smallest absolute Gasteiger partial charge is 0.434 e. The van der Waals surface area contributed by atoms with Gasteiger partial charge in [0.15, 0.2) is 12.3 Å². The zero-order valence-electron chi connectivity index (χ0n) is 77.2. The van der Waals surface area contributed by atoms with E-state index in [-0.39, 0.29) is 135 Å². The molecule has 3 heterocycles. The first kappa shape index (κ1) is 106. The zero-order chi connectivity index (χ0) is 95.3. The molecule has 126 heavy (non-hydrogen) atoms. The maximum atomic E-state index is 15.6. The number of ether oxygens (including phenoxy) is 1. The first-order valence-corrected chi connectivity index (χ1v) is 43.4. The van der Waals surface area contributed by atoms with Gasteiger partial charge in [-0.15, -0.1) is 0 Å². The van der Waals surface area contributed by atoms with E-state index in [1.165, 1.54) is 135 Å². The highest BCUT2D eigenvalue weighted by atomic mass is 35.5. The van der Waals surface area contributed by atoms with Crippen molar-refractivity contribution in [1.29, 1.82) is 0 Å². The number of nitrogens with one attached hydrogen (secondary N) is 6. The molecular weight excluding hydrogens is 1660 g/mol. The fourth-order valence-corrected chi connectivity index (χ4v) is 15.7. The van der Waals surface area contributed by atoms with Crippen LogP contribution in [0.2, 0.25) is 5.02 Å². The molecule has 38 heteroatoms. The first-order chi connectivity index (χ1) is 58.7. The van der Waals surface area contributed by atoms with Gasteiger partial charge in [0.25, 0.3) is 11.8 Å². The third-order valence-corrected chi connectivity index (χ3v) is 23.1. The van der Waals surface area contributed by atoms with Crippen molar-refractivity contribution in [3.05, 3.63) is 77.6 Å². The maximum absolute atomic E-state index is 15.6. The number of amides is 14. The number of piperazine rings is 1. The molecule has 702 valence electrons. The minimum atomic E-state index is -5.09. The highest BCUT2D eigenvalue weighted by Gasteiger charge is 2.47. The number of carbonyl (C=O) groups is 14. The van der Waals surface area contributed by atoms with Gasteiger partial charge in [-0.25, -0.2) is 4.68 Å². The van der Waals surface area contributed by atoms with Crippen LogP contribution in [0.5, 0.6) is 5.75 Å². The van der Waals surface area contributed by atoms with Crippen molar-refractivity contribution in [2.24, 2.45) is 41.4 Å². The van der Waals surface area contributed by atoms with Gasteiger partial charge in [-0.2, -0.15) is 18.3 Å². The lowest BCUT2D eigenvalue weighted by atomic mass is 9.90. The van der Waals surface area contributed by atoms with Crippen LogP contribution in [-0.2, 0) is 68.5 Å². The Morgan fingerprint density at radius 1 is 0.587 bits per heavy atom. The molecule has 13 atom stereocenters. The molecule has 1 unspecified atom stereocenters. The van der Waals surface area contributed by atoms with Crippen LogP contribution in [0.4, 0.5) is 24.5 Å². The fourth-order valence-electron chi connectivity index (χ4n) is 15.5. The summed E-state index contributed by atoms with van der Waals surface area (Å²) in [4.78, 5) is 213. The molecule has 2 aliphatic rings. The van der Waals surface area contributed by atoms with E-state index in [4.69, 9.17) is 16.3 Å². The third kappa shape index (κ3) is 28.9. The zero-order valence-corrected chi connectivity index (χ0v) is 78.0. The average Bonchev–Trinajstić information content (AvgIpc) is 1.59. The predicted octanol–water partition coefficient (Wildman–Crippen LogP) is 6.25. The molecular formula is C88H135ClF3N17O17. The molecule has 2 saturated heterocycles. The van der Waals surface area contributed by atoms with Gasteiger partial charge >= 0.3 is 6.18 Å². The molecule has 14 amide bonds. The van der Waals surface area contributed by atoms with Crippen molar-refractivity contribution in [3.63, 3.8) is 0 Å². The number of aromatic nitrogens is 2. The van der Waals surface area contributed by atoms with Crippen LogP contribution in [0.1, 0.15) is 178 Å². The minimum absolute atomic E-state index is 0.0291. The number of anilines is 2. The number of alkyl halides is 3. The Kier molecular flexibility index (Phi) is 40.1. The Morgan fingerprint density at radius 2 is 1.07 bits per heavy atom. The molecule has 2 aromatic carbocycles. The molecule has 34 nitrogen and oxygen atoms in total. The monoisotopic (exact) mass is 1790 g/mol. The van der Waals surface area contributed by atoms with E-state index in [1.54, 1.807) is 46.4 Å². The van der Waals surface area contributed by atoms with Gasteiger partial charge in [0.05, 0.1) is 36.1 Å². The van der Waals surface area contributed by atoms with Crippen LogP contribution < -0.4 is 36.6 Å². The first-order valence-electron chi connectivity index (χ1n) is 43.1. The second kappa shape index (κ2) is 47.5. The number of β-amino-alcohol motifs (C(OH)–C–C–N with tert-alkyl or cyclic N) is 1. The van der Waals surface area contributed by atoms with E-state index in [0.717, 1.165) is 22.1 Å². The van der Waals surface area contributed by atoms with Crippen molar-refractivity contribution in [3.8, 4) is 11.4 Å². The van der Waals surface area contributed by atoms with Gasteiger partial charge in [-0.05, 0) is 156 Å². The van der Waals surface area contributed by atoms with Gasteiger partial charge in [0, 0.05) is 91.3 Å². The van der Waals surface area contributed by atoms with Crippen LogP contribution in [0.25, 0.3) is 5.69 Å². The summed E-state index contributed by atoms with van der Waals surface area (Å²) < 4.78 is 50.4. The van der Waals surface area contributed by atoms with Crippen molar-refractivity contribution >= 4 is 106 Å². The number of carbonyl (C=O) groups excluding carboxylic acids is 14. The Balaban J connectivity index is 1.42. The van der Waals surface area contributed by atoms with Crippen LogP contribution >= 0.6 is 11.6 Å². The average molecular weight is 1800 g/mol. The van der Waals surface area contributed by atoms with E-state index in [2.05, 4.69) is 43.6 Å². The lowest BCUT2D eigenvalue weighted by Gasteiger charge is -2.41. The number of aliphatic hydroxyl groups excluding tert-OH is 2. The van der Waals surface area contributed by atoms with Gasteiger partial charge in [0.1, 0.15) is 66.4 Å². The number of rotatable bonds is 25. The van der Waals surface area contributed by atoms with E-state index in [9.17, 15) is 71.3 Å². The second-order valence-electron chi connectivity index (χ2n) is 35.6. The van der Waals surface area contributed by atoms with E-state index < -0.39 is 198 Å². The number of likely N-dealkylation sites (N-methyl/N-ethyl adjacent to an activating group) is 7. The van der Waals surface area contributed by atoms with E-state index in [1.807, 2.05) is 55.4 Å². The van der Waals surface area contributed by atoms with Gasteiger partial charge in [0.2, 0.25) is 70.9 Å². The predicted molar refractivity (Wildman–Crippen MR) is 469 cm³/mol. The lowest BCUT2D eigenvalue weighted by Crippen LogP contribution is -2.63. The normalized spacial score (nSPS) is 23.3. The number of hydrogen-bond acceptors (Lipinski definition) is 19. The number of nitrogens with zero attached hydrogens (tertiary/aromatic N) is 11. The highest BCUT2D eigenvalue weighted by Crippen LogP contribution is 2.36. The number of benzene rings is 2. The van der Waals surface area contributed by atoms with Crippen LogP contribution in [-0.4, -0.2) is 308 Å². The molecule has 5 rings (SSSR count). The molecule has 0 spiro atoms. The summed E-state index contributed by atoms with van der Waals surface area (Å²) in [5.41, 5.74) is -2.24. The van der Waals surface area contributed by atoms with Gasteiger partial charge in [-0.3, -0.25) is 72.0 Å². The number of aliphatic hydroxyl groups is 2. The second-order valence-corrected chi connectivity index (χ2v) is 36.0. The standard InChI is InChI=1S/C88H135ClF3N17O17/c1-25-63-83(121)100(18)46-70(112)101(19)64(38-48(3)4)80(118)99-72(52(11)12)86(124)102(20)65(39-49(5)6)79(117)94-55(16)77(115)95-56(17)82(120)103(21)66(40-50(7)8)84(122)104(22)67(41-51(9)10)85(123)105(23)73(53(13)14)87(125)106(24)74(81(119)98-63)75(114)54(15)28-27-29-69(111)107-34-36-108(37-35-107)71(113)47-126-61-32-30-60(31-33-61)109-76(88(90,91)92)62(45-93-109)78(116)97-59-43-57(89)42-58(44-59)96-68(110)26-2/h26,30-33,42-45,48-56,63-67,70,72-75,112,114H,2,25,27-29,34-41,46-47H2,1,3-24H3,(H,94,117)(H,95,115)(H,96,110)(H,97,116)(H,98,119)(H,99,118)/t54-,55+,56-,63+,64+,65+,66+,67+,70?,72+,73+,74+,75-/m1/s1. The summed E-state index contributed by atoms with van der Waals surface area (Å²) in [6.07, 6.45) is -6.11. The van der Waals surface area contributed by atoms with Crippen LogP contribution in [0, 0.1) is 41.4 Å². The molecule has 3 aromatic rings. The number of hydrogen-bond donors (Lipinski definition) is 8. The summed E-state index contributed by atoms with van der Waals surface area (Å²) in [5.74, 6) is -12.7. The van der Waals surface area contributed by atoms with Gasteiger partial charge in [-0.1, -0.05) is 115 Å². The molecule has 1 aromatic heterocycles. The summed E-state index contributed by atoms with van der Waals surface area (Å²) >= 11 is 6.15. The lowest BCUT2D eigenvalue weighted by molar-refractivity contribution is -0.157. The quantitative estimate of drug-likeness (QED) is 0.0434. The van der Waals surface area contributed by atoms with Crippen molar-refractivity contribution in [2.75, 3.05) is 99.3 Å². The Morgan fingerprint density at radius 3 is 1.59 bits per heavy atom. The molecule has 8 N–H and O–H groups in total. The van der Waals surface area contributed by atoms with Crippen LogP contribution in [0.15, 0.2) is 61.3 Å². The SMILES string of the molecule is C=CC(=O)Nc1cc(Cl)cc(NC(=O)c2cnn(-c3ccc(OCC(=O)N4CCN(C(=O)CCC[C@@H](C)[C@@H](O)[C@H]5C(=O)N[C@@H](CC)C(=O)N(C)CC(O)N(C)[C@@H](CC(C)C)C(=O)N[C@@H](C(C)C)C(=O)N(C)[C@@H](CC(C)C)C(=O)N[C@@H](C)C(=O)N[C@H](C)C(=O)N(C)[C@@H](CC(C)C)C(=O)N(C)[C@@H](CC(C)C)C(=O)N(C)[C@@H](C(C)C)C(=O)N5C)CC4)cc3)c2C(F)(F)F)c1. The summed E-state index contributed by atoms with van der Waals surface area (Å²) in [7, 11) is 9.76. The van der Waals surface area contributed by atoms with E-state index in [0.29, 0.717) is 4.68 Å². The summed E-state index contributed by atoms with van der Waals surface area (Å²) in [6, 6.07) is -4.11. The summed E-state index contributed by atoms with van der Waals surface area (Å²) in [6.45, 7) is 30.4. The maximum Gasteiger partial charge on any atom is 0.434 e. The Labute approximate surface area is 743 Å². The molecule has 0 saturated carbocycles. The topological polar surface area (TPSA) is 408 Å². The van der Waals surface area contributed by atoms with Gasteiger partial charge < -0.3 is 86.0 Å². The molecule has 0 bridgehead atoms. The van der Waals surface area contributed by atoms with Crippen LogP contribution in [0.3, 0.4) is 0 Å². The Hall–Kier alpha value is -10.3. The molecule has 2 aliphatic heterocycles. The minimum Gasteiger partial charge on any atom is -0.484 e. The number of halogens is 4. The fraction of sp³-hybridized carbons (Fsp3) is 0.648.